The number of carboxylic acids is 1. The molecule has 0 spiro atoms. The summed E-state index contributed by atoms with van der Waals surface area (Å²) in [5, 5.41) is 10.0. The third kappa shape index (κ3) is 7.60. The van der Waals surface area contributed by atoms with Crippen molar-refractivity contribution in [2.24, 2.45) is 0 Å². The molecule has 1 heterocycles. The number of aromatic carboxylic acids is 1. The number of pyridine rings is 1. The van der Waals surface area contributed by atoms with E-state index in [1.807, 2.05) is 0 Å². The predicted octanol–water partition coefficient (Wildman–Crippen LogP) is 2.61. The van der Waals surface area contributed by atoms with Crippen molar-refractivity contribution in [3.8, 4) is 5.88 Å². The number of aromatic nitrogens is 1. The number of anilines is 1. The number of ether oxygens (including phenoxy) is 2. The summed E-state index contributed by atoms with van der Waals surface area (Å²) < 4.78 is 10.5. The number of carbonyl (C=O) groups is 2. The van der Waals surface area contributed by atoms with E-state index in [1.54, 1.807) is 41.5 Å². The number of hydroxylamine groups is 1. The third-order valence-corrected chi connectivity index (χ3v) is 2.42. The van der Waals surface area contributed by atoms with Crippen LogP contribution in [0, 0.1) is 0 Å². The van der Waals surface area contributed by atoms with Crippen LogP contribution in [0.25, 0.3) is 0 Å². The van der Waals surface area contributed by atoms with Gasteiger partial charge in [-0.1, -0.05) is 0 Å². The zero-order valence-electron chi connectivity index (χ0n) is 15.0. The van der Waals surface area contributed by atoms with Crippen molar-refractivity contribution in [2.75, 3.05) is 12.2 Å². The van der Waals surface area contributed by atoms with Crippen LogP contribution >= 0.6 is 0 Å². The van der Waals surface area contributed by atoms with Gasteiger partial charge in [0.25, 0.3) is 0 Å². The molecule has 1 rings (SSSR count). The fourth-order valence-electron chi connectivity index (χ4n) is 1.62. The van der Waals surface area contributed by atoms with Crippen LogP contribution < -0.4 is 9.80 Å². The number of nitrogens with zero attached hydrogens (tertiary/aromatic N) is 2. The van der Waals surface area contributed by atoms with Crippen molar-refractivity contribution in [2.45, 2.75) is 52.7 Å². The van der Waals surface area contributed by atoms with E-state index < -0.39 is 23.3 Å². The van der Waals surface area contributed by atoms with E-state index in [0.717, 1.165) is 11.3 Å². The first-order chi connectivity index (χ1) is 10.8. The Labute approximate surface area is 169 Å². The van der Waals surface area contributed by atoms with Gasteiger partial charge in [0.15, 0.2) is 0 Å². The quantitative estimate of drug-likeness (QED) is 0.648. The summed E-state index contributed by atoms with van der Waals surface area (Å²) in [6, 6.07) is 1.24. The Bertz CT molecular complexity index is 622. The molecule has 136 valence electrons. The van der Waals surface area contributed by atoms with Gasteiger partial charge in [-0.2, -0.15) is 0 Å². The van der Waals surface area contributed by atoms with E-state index in [0.29, 0.717) is 0 Å². The van der Waals surface area contributed by atoms with Gasteiger partial charge in [0.2, 0.25) is 5.88 Å². The Kier molecular flexibility index (Phi) is 8.37. The molecule has 0 unspecified atom stereocenters. The standard InChI is InChI=1S/C16H24N2O6.Na.H/c1-15(2,3)23-14(21)18(24-16(4,5)6)11-8-10(13(19)20)9-17-12(11)22-7;;/h8-9H,1-7H3,(H,19,20);;. The van der Waals surface area contributed by atoms with E-state index in [9.17, 15) is 9.59 Å². The number of amides is 1. The Morgan fingerprint density at radius 2 is 1.68 bits per heavy atom. The van der Waals surface area contributed by atoms with Crippen LogP contribution in [0.15, 0.2) is 12.3 Å². The van der Waals surface area contributed by atoms with Gasteiger partial charge in [-0.25, -0.2) is 14.6 Å². The Hall–Kier alpha value is -1.35. The molecule has 25 heavy (non-hydrogen) atoms. The van der Waals surface area contributed by atoms with Crippen LogP contribution in [0.5, 0.6) is 5.88 Å². The number of methoxy groups -OCH3 is 1. The maximum absolute atomic E-state index is 12.5. The molecular weight excluding hydrogens is 339 g/mol. The zero-order chi connectivity index (χ0) is 18.7. The Morgan fingerprint density at radius 1 is 1.12 bits per heavy atom. The molecule has 0 aromatic carbocycles. The van der Waals surface area contributed by atoms with Gasteiger partial charge in [-0.3, -0.25) is 4.84 Å². The summed E-state index contributed by atoms with van der Waals surface area (Å²) in [6.07, 6.45) is 0.328. The number of hydrogen-bond donors (Lipinski definition) is 1. The maximum atomic E-state index is 12.5. The summed E-state index contributed by atoms with van der Waals surface area (Å²) in [7, 11) is 1.36. The number of carboxylic acid groups (broad SMARTS) is 1. The first-order valence-corrected chi connectivity index (χ1v) is 7.33. The van der Waals surface area contributed by atoms with Gasteiger partial charge in [-0.05, 0) is 47.6 Å². The van der Waals surface area contributed by atoms with Crippen LogP contribution in [0.2, 0.25) is 0 Å². The molecule has 0 aliphatic rings. The Balaban J connectivity index is 0.00000576. The van der Waals surface area contributed by atoms with Crippen molar-refractivity contribution >= 4 is 47.3 Å². The fraction of sp³-hybridized carbons (Fsp3) is 0.562. The average Bonchev–Trinajstić information content (AvgIpc) is 2.41. The molecule has 1 amide bonds. The molecule has 0 saturated carbocycles. The summed E-state index contributed by atoms with van der Waals surface area (Å²) in [4.78, 5) is 33.3. The van der Waals surface area contributed by atoms with Gasteiger partial charge >= 0.3 is 41.6 Å². The van der Waals surface area contributed by atoms with Gasteiger partial charge in [0.05, 0.1) is 18.3 Å². The van der Waals surface area contributed by atoms with E-state index in [4.69, 9.17) is 19.4 Å². The van der Waals surface area contributed by atoms with Gasteiger partial charge in [0, 0.05) is 6.20 Å². The molecule has 1 aromatic heterocycles. The molecular formula is C16H25N2NaO6. The molecule has 0 atom stereocenters. The number of hydrogen-bond acceptors (Lipinski definition) is 6. The van der Waals surface area contributed by atoms with Crippen LogP contribution in [-0.4, -0.2) is 70.0 Å². The molecule has 0 saturated heterocycles. The number of rotatable bonds is 4. The van der Waals surface area contributed by atoms with Gasteiger partial charge in [0.1, 0.15) is 11.3 Å². The van der Waals surface area contributed by atoms with Crippen molar-refractivity contribution in [3.05, 3.63) is 17.8 Å². The molecule has 9 heteroatoms. The molecule has 0 aliphatic carbocycles. The van der Waals surface area contributed by atoms with Gasteiger partial charge in [-0.15, -0.1) is 5.06 Å². The normalized spacial score (nSPS) is 11.3. The molecule has 8 nitrogen and oxygen atoms in total. The number of carbonyl (C=O) groups excluding carboxylic acids is 1. The fourth-order valence-corrected chi connectivity index (χ4v) is 1.62. The first-order valence-electron chi connectivity index (χ1n) is 7.33. The van der Waals surface area contributed by atoms with Crippen LogP contribution in [0.1, 0.15) is 51.9 Å². The second-order valence-electron chi connectivity index (χ2n) is 7.04. The zero-order valence-corrected chi connectivity index (χ0v) is 15.0. The molecule has 0 bridgehead atoms. The molecule has 1 aromatic rings. The van der Waals surface area contributed by atoms with E-state index >= 15 is 0 Å². The summed E-state index contributed by atoms with van der Waals surface area (Å²) in [5.41, 5.74) is -1.58. The second kappa shape index (κ2) is 8.84. The van der Waals surface area contributed by atoms with Crippen LogP contribution in [-0.2, 0) is 9.57 Å². The van der Waals surface area contributed by atoms with Crippen LogP contribution in [0.3, 0.4) is 0 Å². The van der Waals surface area contributed by atoms with Crippen molar-refractivity contribution < 1.29 is 29.0 Å². The second-order valence-corrected chi connectivity index (χ2v) is 7.04. The first kappa shape index (κ1) is 23.6. The van der Waals surface area contributed by atoms with E-state index in [2.05, 4.69) is 4.98 Å². The molecule has 0 fully saturated rings. The average molecular weight is 364 g/mol. The molecule has 0 aliphatic heterocycles. The third-order valence-electron chi connectivity index (χ3n) is 2.42. The topological polar surface area (TPSA) is 98.2 Å². The van der Waals surface area contributed by atoms with E-state index in [1.165, 1.54) is 13.2 Å². The summed E-state index contributed by atoms with van der Waals surface area (Å²) in [6.45, 7) is 10.4. The molecule has 1 N–H and O–H groups in total. The van der Waals surface area contributed by atoms with Crippen LogP contribution in [0.4, 0.5) is 10.5 Å². The van der Waals surface area contributed by atoms with Crippen molar-refractivity contribution in [3.63, 3.8) is 0 Å². The summed E-state index contributed by atoms with van der Waals surface area (Å²) >= 11 is 0. The monoisotopic (exact) mass is 364 g/mol. The summed E-state index contributed by atoms with van der Waals surface area (Å²) in [5.74, 6) is -1.15. The SMILES string of the molecule is COc1ncc(C(=O)O)cc1N(OC(C)(C)C)C(=O)OC(C)(C)C.[NaH]. The van der Waals surface area contributed by atoms with Gasteiger partial charge < -0.3 is 14.6 Å². The molecule has 0 radical (unpaired) electrons. The predicted molar refractivity (Wildman–Crippen MR) is 94.4 cm³/mol. The van der Waals surface area contributed by atoms with Crippen molar-refractivity contribution in [1.29, 1.82) is 0 Å². The minimum atomic E-state index is -1.19. The van der Waals surface area contributed by atoms with Crippen molar-refractivity contribution in [1.82, 2.24) is 4.98 Å². The van der Waals surface area contributed by atoms with E-state index in [-0.39, 0.29) is 46.7 Å². The Morgan fingerprint density at radius 3 is 2.08 bits per heavy atom. The minimum absolute atomic E-state index is 0.